The van der Waals surface area contributed by atoms with E-state index in [1.165, 1.54) is 0 Å². The van der Waals surface area contributed by atoms with Crippen LogP contribution in [-0.2, 0) is 7.05 Å². The van der Waals surface area contributed by atoms with Crippen LogP contribution in [-0.4, -0.2) is 38.5 Å². The molecule has 0 aromatic carbocycles. The molecule has 13 heavy (non-hydrogen) atoms. The predicted octanol–water partition coefficient (Wildman–Crippen LogP) is -0.425. The third-order valence-electron chi connectivity index (χ3n) is 1.79. The van der Waals surface area contributed by atoms with Gasteiger partial charge in [0.2, 0.25) is 5.95 Å². The summed E-state index contributed by atoms with van der Waals surface area (Å²) >= 11 is 0. The minimum absolute atomic E-state index is 0.272. The van der Waals surface area contributed by atoms with Gasteiger partial charge in [-0.2, -0.15) is 0 Å². The molecule has 0 spiro atoms. The molecule has 1 aromatic heterocycles. The van der Waals surface area contributed by atoms with Crippen molar-refractivity contribution in [2.75, 3.05) is 18.5 Å². The first-order valence-corrected chi connectivity index (χ1v) is 4.09. The topological polar surface area (TPSA) is 70.3 Å². The number of hydrogen-bond acceptors (Lipinski definition) is 4. The zero-order valence-corrected chi connectivity index (χ0v) is 7.86. The van der Waals surface area contributed by atoms with Crippen molar-refractivity contribution < 1.29 is 10.2 Å². The standard InChI is InChI=1S/C8H15N3O2/c1-8(13,6-12)5-10-7-9-3-4-11(7)2/h3-4,12-13H,5-6H2,1-2H3,(H,9,10). The summed E-state index contributed by atoms with van der Waals surface area (Å²) in [6, 6.07) is 0. The number of rotatable bonds is 4. The fourth-order valence-corrected chi connectivity index (χ4v) is 0.861. The summed E-state index contributed by atoms with van der Waals surface area (Å²) < 4.78 is 1.80. The second-order valence-electron chi connectivity index (χ2n) is 3.37. The molecule has 1 unspecified atom stereocenters. The number of imidazole rings is 1. The first-order valence-electron chi connectivity index (χ1n) is 4.09. The number of hydrogen-bond donors (Lipinski definition) is 3. The van der Waals surface area contributed by atoms with Crippen molar-refractivity contribution in [1.29, 1.82) is 0 Å². The predicted molar refractivity (Wildman–Crippen MR) is 49.4 cm³/mol. The van der Waals surface area contributed by atoms with Crippen LogP contribution in [0.2, 0.25) is 0 Å². The lowest BCUT2D eigenvalue weighted by Crippen LogP contribution is -2.37. The number of aryl methyl sites for hydroxylation is 1. The maximum absolute atomic E-state index is 9.46. The van der Waals surface area contributed by atoms with Crippen molar-refractivity contribution in [3.8, 4) is 0 Å². The number of nitrogens with one attached hydrogen (secondary N) is 1. The van der Waals surface area contributed by atoms with E-state index >= 15 is 0 Å². The van der Waals surface area contributed by atoms with Gasteiger partial charge in [-0.15, -0.1) is 0 Å². The number of aliphatic hydroxyl groups excluding tert-OH is 1. The molecule has 0 fully saturated rings. The molecule has 0 bridgehead atoms. The maximum atomic E-state index is 9.46. The van der Waals surface area contributed by atoms with E-state index in [1.54, 1.807) is 23.9 Å². The average Bonchev–Trinajstić information content (AvgIpc) is 2.48. The van der Waals surface area contributed by atoms with Crippen molar-refractivity contribution in [2.45, 2.75) is 12.5 Å². The molecule has 1 atom stereocenters. The Hall–Kier alpha value is -1.07. The van der Waals surface area contributed by atoms with Gasteiger partial charge in [-0.3, -0.25) is 0 Å². The largest absolute Gasteiger partial charge is 0.393 e. The van der Waals surface area contributed by atoms with Crippen LogP contribution in [0.5, 0.6) is 0 Å². The molecule has 0 saturated heterocycles. The third-order valence-corrected chi connectivity index (χ3v) is 1.79. The van der Waals surface area contributed by atoms with E-state index in [4.69, 9.17) is 5.11 Å². The minimum atomic E-state index is -1.11. The lowest BCUT2D eigenvalue weighted by atomic mass is 10.1. The van der Waals surface area contributed by atoms with Crippen LogP contribution in [0.25, 0.3) is 0 Å². The highest BCUT2D eigenvalue weighted by Gasteiger charge is 2.18. The molecule has 1 rings (SSSR count). The Kier molecular flexibility index (Phi) is 2.90. The smallest absolute Gasteiger partial charge is 0.202 e. The zero-order valence-electron chi connectivity index (χ0n) is 7.86. The molecule has 0 aliphatic heterocycles. The third kappa shape index (κ3) is 2.71. The van der Waals surface area contributed by atoms with Crippen LogP contribution in [0, 0.1) is 0 Å². The fraction of sp³-hybridized carbons (Fsp3) is 0.625. The number of aromatic nitrogens is 2. The lowest BCUT2D eigenvalue weighted by molar-refractivity contribution is 0.0131. The van der Waals surface area contributed by atoms with Gasteiger partial charge in [-0.25, -0.2) is 4.98 Å². The summed E-state index contributed by atoms with van der Waals surface area (Å²) in [6.07, 6.45) is 3.46. The first kappa shape index (κ1) is 10.0. The second kappa shape index (κ2) is 3.76. The Morgan fingerprint density at radius 3 is 2.85 bits per heavy atom. The minimum Gasteiger partial charge on any atom is -0.393 e. The Labute approximate surface area is 77.0 Å². The molecule has 3 N–H and O–H groups in total. The van der Waals surface area contributed by atoms with Crippen molar-refractivity contribution in [2.24, 2.45) is 7.05 Å². The molecule has 1 aromatic rings. The van der Waals surface area contributed by atoms with Crippen molar-refractivity contribution in [3.63, 3.8) is 0 Å². The summed E-state index contributed by atoms with van der Waals surface area (Å²) in [6.45, 7) is 1.56. The highest BCUT2D eigenvalue weighted by Crippen LogP contribution is 2.05. The summed E-state index contributed by atoms with van der Waals surface area (Å²) in [5.74, 6) is 0.675. The number of anilines is 1. The Morgan fingerprint density at radius 2 is 2.38 bits per heavy atom. The monoisotopic (exact) mass is 185 g/mol. The van der Waals surface area contributed by atoms with Gasteiger partial charge in [0.25, 0.3) is 0 Å². The molecule has 0 aliphatic carbocycles. The van der Waals surface area contributed by atoms with E-state index < -0.39 is 5.60 Å². The van der Waals surface area contributed by atoms with E-state index in [1.807, 2.05) is 7.05 Å². The highest BCUT2D eigenvalue weighted by molar-refractivity contribution is 5.25. The highest BCUT2D eigenvalue weighted by atomic mass is 16.3. The van der Waals surface area contributed by atoms with Crippen LogP contribution in [0.1, 0.15) is 6.92 Å². The Balaban J connectivity index is 2.48. The van der Waals surface area contributed by atoms with Gasteiger partial charge in [0.05, 0.1) is 6.61 Å². The average molecular weight is 185 g/mol. The molecule has 1 heterocycles. The molecule has 0 saturated carbocycles. The van der Waals surface area contributed by atoms with Crippen molar-refractivity contribution in [3.05, 3.63) is 12.4 Å². The fourth-order valence-electron chi connectivity index (χ4n) is 0.861. The number of nitrogens with zero attached hydrogens (tertiary/aromatic N) is 2. The van der Waals surface area contributed by atoms with Gasteiger partial charge in [0.15, 0.2) is 0 Å². The summed E-state index contributed by atoms with van der Waals surface area (Å²) in [5, 5.41) is 21.2. The zero-order chi connectivity index (χ0) is 9.90. The van der Waals surface area contributed by atoms with Gasteiger partial charge in [0, 0.05) is 26.0 Å². The van der Waals surface area contributed by atoms with E-state index in [0.29, 0.717) is 5.95 Å². The molecule has 5 nitrogen and oxygen atoms in total. The summed E-state index contributed by atoms with van der Waals surface area (Å²) in [4.78, 5) is 4.01. The van der Waals surface area contributed by atoms with Gasteiger partial charge < -0.3 is 20.1 Å². The van der Waals surface area contributed by atoms with Crippen LogP contribution in [0.3, 0.4) is 0 Å². The second-order valence-corrected chi connectivity index (χ2v) is 3.37. The lowest BCUT2D eigenvalue weighted by Gasteiger charge is -2.20. The summed E-state index contributed by atoms with van der Waals surface area (Å²) in [5.41, 5.74) is -1.11. The van der Waals surface area contributed by atoms with Crippen LogP contribution >= 0.6 is 0 Å². The van der Waals surface area contributed by atoms with Crippen LogP contribution in [0.4, 0.5) is 5.95 Å². The maximum Gasteiger partial charge on any atom is 0.202 e. The molecular formula is C8H15N3O2. The summed E-state index contributed by atoms with van der Waals surface area (Å²) in [7, 11) is 1.85. The normalized spacial score (nSPS) is 15.4. The van der Waals surface area contributed by atoms with Crippen molar-refractivity contribution >= 4 is 5.95 Å². The van der Waals surface area contributed by atoms with Crippen LogP contribution in [0.15, 0.2) is 12.4 Å². The molecule has 0 radical (unpaired) electrons. The molecule has 74 valence electrons. The molecule has 5 heteroatoms. The molecule has 0 aliphatic rings. The van der Waals surface area contributed by atoms with Gasteiger partial charge in [0.1, 0.15) is 5.60 Å². The van der Waals surface area contributed by atoms with Gasteiger partial charge in [-0.05, 0) is 6.92 Å². The van der Waals surface area contributed by atoms with Gasteiger partial charge in [-0.1, -0.05) is 0 Å². The quantitative estimate of drug-likeness (QED) is 0.595. The van der Waals surface area contributed by atoms with Crippen LogP contribution < -0.4 is 5.32 Å². The van der Waals surface area contributed by atoms with Crippen molar-refractivity contribution in [1.82, 2.24) is 9.55 Å². The SMILES string of the molecule is Cn1ccnc1NCC(C)(O)CO. The van der Waals surface area contributed by atoms with E-state index in [-0.39, 0.29) is 13.2 Å². The Morgan fingerprint density at radius 1 is 1.69 bits per heavy atom. The van der Waals surface area contributed by atoms with E-state index in [9.17, 15) is 5.11 Å². The molecular weight excluding hydrogens is 170 g/mol. The molecule has 0 amide bonds. The van der Waals surface area contributed by atoms with E-state index in [0.717, 1.165) is 0 Å². The van der Waals surface area contributed by atoms with E-state index in [2.05, 4.69) is 10.3 Å². The Bertz CT molecular complexity index is 270. The first-order chi connectivity index (χ1) is 6.05. The number of aliphatic hydroxyl groups is 2. The van der Waals surface area contributed by atoms with Gasteiger partial charge >= 0.3 is 0 Å².